The number of hydrogen-bond acceptors (Lipinski definition) is 9. The monoisotopic (exact) mass is 920 g/mol. The molecule has 0 saturated heterocycles. The van der Waals surface area contributed by atoms with Gasteiger partial charge in [-0.15, -0.1) is 45.3 Å². The van der Waals surface area contributed by atoms with E-state index in [0.717, 1.165) is 88.8 Å². The van der Waals surface area contributed by atoms with Gasteiger partial charge in [-0.25, -0.2) is 9.97 Å². The predicted molar refractivity (Wildman–Crippen MR) is 278 cm³/mol. The highest BCUT2D eigenvalue weighted by Gasteiger charge is 2.27. The Morgan fingerprint density at radius 2 is 0.873 bits per heavy atom. The van der Waals surface area contributed by atoms with E-state index in [-0.39, 0.29) is 0 Å². The third-order valence-electron chi connectivity index (χ3n) is 12.8. The van der Waals surface area contributed by atoms with Gasteiger partial charge in [0, 0.05) is 30.6 Å². The predicted octanol–water partition coefficient (Wildman–Crippen LogP) is 18.2. The minimum atomic E-state index is 0.815. The zero-order valence-corrected chi connectivity index (χ0v) is 40.9. The fraction of sp³-hybridized carbons (Fsp3) is 0.333. The third kappa shape index (κ3) is 9.69. The maximum Gasteiger partial charge on any atom is 0.116 e. The van der Waals surface area contributed by atoms with E-state index in [9.17, 15) is 0 Å². The van der Waals surface area contributed by atoms with E-state index >= 15 is 0 Å². The molecule has 4 nitrogen and oxygen atoms in total. The average Bonchev–Trinajstić information content (AvgIpc) is 4.19. The lowest BCUT2D eigenvalue weighted by atomic mass is 9.92. The Labute approximate surface area is 393 Å². The van der Waals surface area contributed by atoms with Crippen LogP contribution in [0.15, 0.2) is 108 Å². The lowest BCUT2D eigenvalue weighted by Gasteiger charge is -2.14. The van der Waals surface area contributed by atoms with E-state index in [1.54, 1.807) is 45.3 Å². The van der Waals surface area contributed by atoms with Gasteiger partial charge in [-0.3, -0.25) is 0 Å². The van der Waals surface area contributed by atoms with E-state index in [0.29, 0.717) is 0 Å². The molecule has 0 aliphatic carbocycles. The van der Waals surface area contributed by atoms with Crippen LogP contribution in [-0.2, 0) is 12.8 Å². The van der Waals surface area contributed by atoms with Crippen molar-refractivity contribution in [3.63, 3.8) is 0 Å². The number of hydrogen-bond donors (Lipinski definition) is 0. The van der Waals surface area contributed by atoms with Crippen molar-refractivity contribution < 1.29 is 0 Å². The summed E-state index contributed by atoms with van der Waals surface area (Å²) in [5.41, 5.74) is 12.7. The van der Waals surface area contributed by atoms with Gasteiger partial charge in [0.05, 0.1) is 21.5 Å². The van der Waals surface area contributed by atoms with E-state index in [2.05, 4.69) is 136 Å². The fourth-order valence-corrected chi connectivity index (χ4v) is 13.0. The Morgan fingerprint density at radius 1 is 0.444 bits per heavy atom. The first-order chi connectivity index (χ1) is 31.0. The summed E-state index contributed by atoms with van der Waals surface area (Å²) in [5, 5.41) is 4.25. The summed E-state index contributed by atoms with van der Waals surface area (Å²) in [4.78, 5) is 18.2. The molecule has 2 atom stereocenters. The maximum absolute atomic E-state index is 5.65. The molecule has 6 heterocycles. The van der Waals surface area contributed by atoms with Gasteiger partial charge in [0.2, 0.25) is 0 Å². The topological polar surface area (TPSA) is 51.6 Å². The maximum atomic E-state index is 5.65. The Hall–Kier alpha value is -4.38. The molecular weight excluding hydrogens is 865 g/mol. The highest BCUT2D eigenvalue weighted by atomic mass is 32.1. The molecule has 322 valence electrons. The van der Waals surface area contributed by atoms with Crippen molar-refractivity contribution in [2.75, 3.05) is 0 Å². The summed E-state index contributed by atoms with van der Waals surface area (Å²) in [5.74, 6) is 1.63. The summed E-state index contributed by atoms with van der Waals surface area (Å²) < 4.78 is 10.1. The number of fused-ring (bicyclic) bond motifs is 2. The molecule has 3 aromatic carbocycles. The third-order valence-corrected chi connectivity index (χ3v) is 17.4. The second-order valence-corrected chi connectivity index (χ2v) is 21.5. The van der Waals surface area contributed by atoms with E-state index in [1.807, 2.05) is 0 Å². The van der Waals surface area contributed by atoms with Crippen LogP contribution in [0.2, 0.25) is 0 Å². The molecule has 0 fully saturated rings. The average molecular weight is 921 g/mol. The molecule has 0 saturated carbocycles. The molecule has 0 aliphatic heterocycles. The summed E-state index contributed by atoms with van der Waals surface area (Å²) in [7, 11) is 0. The van der Waals surface area contributed by atoms with Crippen LogP contribution in [0.1, 0.15) is 103 Å². The van der Waals surface area contributed by atoms with Gasteiger partial charge >= 0.3 is 0 Å². The molecule has 6 aromatic heterocycles. The van der Waals surface area contributed by atoms with Crippen LogP contribution in [0.5, 0.6) is 0 Å². The van der Waals surface area contributed by atoms with Crippen molar-refractivity contribution in [1.29, 1.82) is 0 Å². The van der Waals surface area contributed by atoms with Crippen LogP contribution in [0.4, 0.5) is 0 Å². The van der Waals surface area contributed by atoms with Gasteiger partial charge < -0.3 is 0 Å². The lowest BCUT2D eigenvalue weighted by Crippen LogP contribution is -2.01. The second kappa shape index (κ2) is 20.6. The molecule has 9 rings (SSSR count). The highest BCUT2D eigenvalue weighted by Crippen LogP contribution is 2.49. The van der Waals surface area contributed by atoms with Crippen molar-refractivity contribution >= 4 is 79.1 Å². The Balaban J connectivity index is 1.11. The lowest BCUT2D eigenvalue weighted by molar-refractivity contribution is 0.422. The molecule has 63 heavy (non-hydrogen) atoms. The highest BCUT2D eigenvalue weighted by molar-refractivity contribution is 7.19. The summed E-state index contributed by atoms with van der Waals surface area (Å²) >= 11 is 8.30. The summed E-state index contributed by atoms with van der Waals surface area (Å²) in [6, 6.07) is 36.1. The van der Waals surface area contributed by atoms with Crippen LogP contribution in [0.25, 0.3) is 85.0 Å². The summed E-state index contributed by atoms with van der Waals surface area (Å²) in [6.45, 7) is 9.28. The quantitative estimate of drug-likeness (QED) is 0.0764. The second-order valence-electron chi connectivity index (χ2n) is 16.9. The van der Waals surface area contributed by atoms with E-state index < -0.39 is 0 Å². The standard InChI is InChI=1S/C54H56N4S5/c1-5-9-13-35(7-3)17-19-37-21-25-39(26-22-37)41-29-31-43(61-41)47-51-52(56-50(46-16-12-34-60-46)49(55-51)45-15-11-33-59-45)48(54-53(47)57-63-58-54)44-32-30-42(62-44)40-27-23-38(24-28-40)20-18-36(8-4)14-10-6-2/h11-12,15-16,21-36H,5-10,13-14,17-20H2,1-4H3. The molecule has 2 unspecified atom stereocenters. The normalized spacial score (nSPS) is 12.8. The van der Waals surface area contributed by atoms with Crippen molar-refractivity contribution in [2.24, 2.45) is 11.8 Å². The van der Waals surface area contributed by atoms with E-state index in [4.69, 9.17) is 18.7 Å². The van der Waals surface area contributed by atoms with Crippen LogP contribution in [0, 0.1) is 11.8 Å². The number of thiophene rings is 4. The number of unbranched alkanes of at least 4 members (excludes halogenated alkanes) is 2. The van der Waals surface area contributed by atoms with Crippen LogP contribution in [-0.4, -0.2) is 18.7 Å². The zero-order valence-electron chi connectivity index (χ0n) is 36.9. The molecule has 9 aromatic rings. The van der Waals surface area contributed by atoms with Gasteiger partial charge in [0.25, 0.3) is 0 Å². The molecule has 0 bridgehead atoms. The number of rotatable bonds is 20. The smallest absolute Gasteiger partial charge is 0.116 e. The first kappa shape index (κ1) is 43.9. The SMILES string of the molecule is CCCCC(CC)CCc1ccc(-c2ccc(-c3c4nsnc4c(-c4ccc(-c5ccc(CCC(CC)CCCC)cc5)s4)c4nc(-c5cccs5)c(-c5cccs5)nc34)s2)cc1. The first-order valence-corrected chi connectivity index (χ1v) is 27.1. The minimum Gasteiger partial charge on any atom is -0.242 e. The van der Waals surface area contributed by atoms with Gasteiger partial charge in [0.1, 0.15) is 33.5 Å². The Bertz CT molecular complexity index is 2650. The molecule has 9 heteroatoms. The largest absolute Gasteiger partial charge is 0.242 e. The molecule has 0 N–H and O–H groups in total. The molecule has 0 radical (unpaired) electrons. The number of aromatic nitrogens is 4. The van der Waals surface area contributed by atoms with Crippen molar-refractivity contribution in [1.82, 2.24) is 18.7 Å². The number of nitrogens with zero attached hydrogens (tertiary/aromatic N) is 4. The first-order valence-electron chi connectivity index (χ1n) is 23.0. The molecule has 0 amide bonds. The van der Waals surface area contributed by atoms with Crippen molar-refractivity contribution in [2.45, 2.75) is 105 Å². The van der Waals surface area contributed by atoms with Crippen molar-refractivity contribution in [3.05, 3.63) is 119 Å². The summed E-state index contributed by atoms with van der Waals surface area (Å²) in [6.07, 6.45) is 15.3. The van der Waals surface area contributed by atoms with Crippen LogP contribution < -0.4 is 0 Å². The minimum absolute atomic E-state index is 0.815. The Morgan fingerprint density at radius 3 is 1.25 bits per heavy atom. The van der Waals surface area contributed by atoms with Gasteiger partial charge in [-0.1, -0.05) is 140 Å². The van der Waals surface area contributed by atoms with Crippen LogP contribution >= 0.6 is 57.1 Å². The van der Waals surface area contributed by atoms with Gasteiger partial charge in [0.15, 0.2) is 0 Å². The number of benzene rings is 3. The molecule has 0 spiro atoms. The van der Waals surface area contributed by atoms with Crippen molar-refractivity contribution in [3.8, 4) is 62.9 Å². The molecule has 0 aliphatic rings. The zero-order chi connectivity index (χ0) is 43.1. The fourth-order valence-electron chi connectivity index (χ4n) is 8.92. The van der Waals surface area contributed by atoms with Crippen LogP contribution in [0.3, 0.4) is 0 Å². The number of aryl methyl sites for hydroxylation is 2. The Kier molecular flexibility index (Phi) is 14.4. The van der Waals surface area contributed by atoms with Gasteiger partial charge in [-0.05, 0) is 107 Å². The van der Waals surface area contributed by atoms with E-state index in [1.165, 1.54) is 108 Å². The van der Waals surface area contributed by atoms with Gasteiger partial charge in [-0.2, -0.15) is 8.75 Å². The molecular formula is C54H56N4S5.